The second-order valence-corrected chi connectivity index (χ2v) is 9.75. The Hall–Kier alpha value is -2.93. The number of aryl methyl sites for hydroxylation is 2. The van der Waals surface area contributed by atoms with Crippen molar-refractivity contribution in [2.45, 2.75) is 13.3 Å². The first-order valence-corrected chi connectivity index (χ1v) is 12.4. The first kappa shape index (κ1) is 23.8. The van der Waals surface area contributed by atoms with Crippen molar-refractivity contribution in [3.8, 4) is 5.75 Å². The van der Waals surface area contributed by atoms with Crippen LogP contribution >= 0.6 is 23.2 Å². The lowest BCUT2D eigenvalue weighted by Crippen LogP contribution is -2.26. The Morgan fingerprint density at radius 2 is 1.94 bits per heavy atom. The number of fused-ring (bicyclic) bond motifs is 1. The summed E-state index contributed by atoms with van der Waals surface area (Å²) in [7, 11) is 3.66. The number of anilines is 4. The molecule has 0 bridgehead atoms. The second kappa shape index (κ2) is 9.97. The lowest BCUT2D eigenvalue weighted by Gasteiger charge is -2.28. The summed E-state index contributed by atoms with van der Waals surface area (Å²) >= 11 is 12.4. The monoisotopic (exact) mass is 510 g/mol. The van der Waals surface area contributed by atoms with E-state index in [0.29, 0.717) is 16.7 Å². The smallest absolute Gasteiger partial charge is 0.208 e. The molecule has 1 aliphatic rings. The van der Waals surface area contributed by atoms with Crippen molar-refractivity contribution in [1.82, 2.24) is 9.55 Å². The van der Waals surface area contributed by atoms with Gasteiger partial charge >= 0.3 is 0 Å². The van der Waals surface area contributed by atoms with Crippen LogP contribution in [0.15, 0.2) is 54.6 Å². The van der Waals surface area contributed by atoms with E-state index in [-0.39, 0.29) is 0 Å². The molecule has 1 unspecified atom stereocenters. The third-order valence-corrected chi connectivity index (χ3v) is 6.96. The predicted octanol–water partition coefficient (Wildman–Crippen LogP) is 7.12. The number of ether oxygens (including phenoxy) is 2. The maximum absolute atomic E-state index is 6.24. The van der Waals surface area contributed by atoms with E-state index in [1.165, 1.54) is 0 Å². The Balaban J connectivity index is 1.59. The zero-order valence-corrected chi connectivity index (χ0v) is 21.5. The number of aromatic nitrogens is 2. The van der Waals surface area contributed by atoms with Crippen LogP contribution in [-0.2, 0) is 11.8 Å². The average molecular weight is 511 g/mol. The van der Waals surface area contributed by atoms with Crippen molar-refractivity contribution < 1.29 is 9.47 Å². The number of methoxy groups -OCH3 is 1. The van der Waals surface area contributed by atoms with E-state index in [1.54, 1.807) is 13.2 Å². The lowest BCUT2D eigenvalue weighted by atomic mass is 10.1. The van der Waals surface area contributed by atoms with Crippen molar-refractivity contribution in [3.63, 3.8) is 0 Å². The number of halogens is 2. The maximum Gasteiger partial charge on any atom is 0.208 e. The van der Waals surface area contributed by atoms with E-state index in [0.717, 1.165) is 70.8 Å². The van der Waals surface area contributed by atoms with Gasteiger partial charge in [0, 0.05) is 47.9 Å². The first-order valence-electron chi connectivity index (χ1n) is 11.6. The van der Waals surface area contributed by atoms with Crippen LogP contribution in [0, 0.1) is 12.8 Å². The summed E-state index contributed by atoms with van der Waals surface area (Å²) < 4.78 is 13.3. The first-order chi connectivity index (χ1) is 16.9. The fourth-order valence-corrected chi connectivity index (χ4v) is 5.06. The molecule has 1 atom stereocenters. The summed E-state index contributed by atoms with van der Waals surface area (Å²) in [6.07, 6.45) is 1.05. The van der Waals surface area contributed by atoms with Crippen LogP contribution in [-0.4, -0.2) is 36.4 Å². The normalized spacial score (nSPS) is 15.5. The summed E-state index contributed by atoms with van der Waals surface area (Å²) in [6.45, 7) is 4.43. The van der Waals surface area contributed by atoms with Gasteiger partial charge in [0.1, 0.15) is 5.75 Å². The minimum Gasteiger partial charge on any atom is -0.495 e. The molecule has 6 nitrogen and oxygen atoms in total. The summed E-state index contributed by atoms with van der Waals surface area (Å²) in [6, 6.07) is 17.9. The van der Waals surface area contributed by atoms with Crippen LogP contribution < -0.4 is 15.0 Å². The molecule has 0 saturated carbocycles. The number of rotatable bonds is 7. The minimum absolute atomic E-state index is 0.452. The second-order valence-electron chi connectivity index (χ2n) is 8.88. The van der Waals surface area contributed by atoms with Crippen molar-refractivity contribution >= 4 is 57.2 Å². The predicted molar refractivity (Wildman–Crippen MR) is 144 cm³/mol. The molecule has 182 valence electrons. The van der Waals surface area contributed by atoms with Gasteiger partial charge in [-0.1, -0.05) is 29.3 Å². The van der Waals surface area contributed by atoms with Gasteiger partial charge in [0.05, 0.1) is 36.1 Å². The molecule has 0 amide bonds. The molecule has 1 saturated heterocycles. The van der Waals surface area contributed by atoms with E-state index < -0.39 is 0 Å². The Kier molecular flexibility index (Phi) is 6.78. The number of nitrogens with zero attached hydrogens (tertiary/aromatic N) is 3. The van der Waals surface area contributed by atoms with Crippen LogP contribution in [0.3, 0.4) is 0 Å². The third kappa shape index (κ3) is 4.79. The minimum atomic E-state index is 0.452. The molecule has 0 spiro atoms. The molecule has 0 aliphatic carbocycles. The molecule has 1 aliphatic heterocycles. The Labute approximate surface area is 215 Å². The van der Waals surface area contributed by atoms with E-state index in [2.05, 4.69) is 39.0 Å². The van der Waals surface area contributed by atoms with Gasteiger partial charge in [-0.2, -0.15) is 0 Å². The summed E-state index contributed by atoms with van der Waals surface area (Å²) in [5.74, 6) is 1.84. The topological polar surface area (TPSA) is 51.6 Å². The molecule has 1 N–H and O–H groups in total. The number of imidazole rings is 1. The highest BCUT2D eigenvalue weighted by molar-refractivity contribution is 6.31. The van der Waals surface area contributed by atoms with Gasteiger partial charge in [0.15, 0.2) is 0 Å². The highest BCUT2D eigenvalue weighted by atomic mass is 35.5. The number of benzene rings is 3. The Morgan fingerprint density at radius 1 is 1.14 bits per heavy atom. The molecule has 1 aromatic heterocycles. The van der Waals surface area contributed by atoms with Crippen LogP contribution in [0.1, 0.15) is 12.0 Å². The van der Waals surface area contributed by atoms with E-state index in [9.17, 15) is 0 Å². The fourth-order valence-electron chi connectivity index (χ4n) is 4.67. The van der Waals surface area contributed by atoms with Crippen LogP contribution in [0.2, 0.25) is 10.0 Å². The highest BCUT2D eigenvalue weighted by Gasteiger charge is 2.24. The van der Waals surface area contributed by atoms with Crippen molar-refractivity contribution in [2.75, 3.05) is 37.1 Å². The van der Waals surface area contributed by atoms with Gasteiger partial charge in [0.2, 0.25) is 5.95 Å². The molecule has 8 heteroatoms. The van der Waals surface area contributed by atoms with Crippen molar-refractivity contribution in [1.29, 1.82) is 0 Å². The lowest BCUT2D eigenvalue weighted by molar-refractivity contribution is 0.187. The molecular formula is C27H28Cl2N4O2. The number of hydrogen-bond donors (Lipinski definition) is 1. The van der Waals surface area contributed by atoms with E-state index >= 15 is 0 Å². The summed E-state index contributed by atoms with van der Waals surface area (Å²) in [5.41, 5.74) is 5.92. The molecule has 35 heavy (non-hydrogen) atoms. The Bertz CT molecular complexity index is 1350. The van der Waals surface area contributed by atoms with E-state index in [4.69, 9.17) is 37.7 Å². The van der Waals surface area contributed by atoms with Crippen LogP contribution in [0.4, 0.5) is 23.0 Å². The van der Waals surface area contributed by atoms with Gasteiger partial charge in [0.25, 0.3) is 0 Å². The summed E-state index contributed by atoms with van der Waals surface area (Å²) in [5, 5.41) is 4.82. The molecule has 5 rings (SSSR count). The standard InChI is InChI=1S/C27H28Cl2N4O2/c1-17-13-20(29)14-24(34-3)25(17)31-27-30-22-5-4-6-23(26(22)32(27)2)33(15-18-11-12-35-16-18)21-9-7-19(28)8-10-21/h4-10,13-14,18H,11-12,15-16H2,1-3H3,(H,30,31). The average Bonchev–Trinajstić information content (AvgIpc) is 3.47. The van der Waals surface area contributed by atoms with E-state index in [1.807, 2.05) is 38.2 Å². The number of hydrogen-bond acceptors (Lipinski definition) is 5. The summed E-state index contributed by atoms with van der Waals surface area (Å²) in [4.78, 5) is 7.26. The van der Waals surface area contributed by atoms with Crippen LogP contribution in [0.25, 0.3) is 11.0 Å². The molecule has 1 fully saturated rings. The van der Waals surface area contributed by atoms with Gasteiger partial charge in [-0.3, -0.25) is 0 Å². The molecule has 3 aromatic carbocycles. The van der Waals surface area contributed by atoms with Crippen molar-refractivity contribution in [3.05, 3.63) is 70.2 Å². The van der Waals surface area contributed by atoms with Gasteiger partial charge in [-0.05, 0) is 61.4 Å². The quantitative estimate of drug-likeness (QED) is 0.287. The van der Waals surface area contributed by atoms with Crippen molar-refractivity contribution in [2.24, 2.45) is 13.0 Å². The maximum atomic E-state index is 6.24. The number of nitrogens with one attached hydrogen (secondary N) is 1. The number of para-hydroxylation sites is 1. The largest absolute Gasteiger partial charge is 0.495 e. The van der Waals surface area contributed by atoms with Gasteiger partial charge in [-0.25, -0.2) is 4.98 Å². The Morgan fingerprint density at radius 3 is 2.66 bits per heavy atom. The SMILES string of the molecule is COc1cc(Cl)cc(C)c1Nc1nc2cccc(N(CC3CCOC3)c3ccc(Cl)cc3)c2n1C. The fraction of sp³-hybridized carbons (Fsp3) is 0.296. The van der Waals surface area contributed by atoms with Gasteiger partial charge < -0.3 is 24.3 Å². The zero-order chi connectivity index (χ0) is 24.5. The molecule has 2 heterocycles. The third-order valence-electron chi connectivity index (χ3n) is 6.49. The van der Waals surface area contributed by atoms with Crippen LogP contribution in [0.5, 0.6) is 5.75 Å². The van der Waals surface area contributed by atoms with Gasteiger partial charge in [-0.15, -0.1) is 0 Å². The molecule has 0 radical (unpaired) electrons. The highest BCUT2D eigenvalue weighted by Crippen LogP contribution is 2.38. The zero-order valence-electron chi connectivity index (χ0n) is 20.0. The molecule has 4 aromatic rings. The molecular weight excluding hydrogens is 483 g/mol.